The molecule has 0 spiro atoms. The van der Waals surface area contributed by atoms with Gasteiger partial charge in [0.05, 0.1) is 0 Å². The van der Waals surface area contributed by atoms with Gasteiger partial charge >= 0.3 is 0 Å². The minimum atomic E-state index is 1.03. The predicted octanol–water partition coefficient (Wildman–Crippen LogP) is 5.35. The van der Waals surface area contributed by atoms with E-state index >= 15 is 0 Å². The van der Waals surface area contributed by atoms with Crippen LogP contribution in [0.25, 0.3) is 0 Å². The fourth-order valence-corrected chi connectivity index (χ4v) is 3.17. The van der Waals surface area contributed by atoms with Crippen molar-refractivity contribution < 1.29 is 0 Å². The van der Waals surface area contributed by atoms with Crippen molar-refractivity contribution in [2.24, 2.45) is 0 Å². The van der Waals surface area contributed by atoms with Crippen molar-refractivity contribution in [2.75, 3.05) is 10.7 Å². The van der Waals surface area contributed by atoms with Crippen LogP contribution in [0.1, 0.15) is 22.3 Å². The Morgan fingerprint density at radius 3 is 0.950 bits per heavy atom. The zero-order valence-electron chi connectivity index (χ0n) is 11.6. The van der Waals surface area contributed by atoms with Gasteiger partial charge in [-0.2, -0.15) is 0 Å². The van der Waals surface area contributed by atoms with Gasteiger partial charge in [-0.25, -0.2) is 0 Å². The predicted molar refractivity (Wildman–Crippen MR) is 95.3 cm³/mol. The van der Waals surface area contributed by atoms with E-state index in [0.717, 1.165) is 36.3 Å². The fraction of sp³-hybridized carbons (Fsp3) is 0.333. The highest BCUT2D eigenvalue weighted by Gasteiger charge is 1.98. The van der Waals surface area contributed by atoms with E-state index in [1.165, 1.54) is 22.3 Å². The van der Waals surface area contributed by atoms with Crippen LogP contribution < -0.4 is 0 Å². The molecule has 2 rings (SSSR count). The van der Waals surface area contributed by atoms with Gasteiger partial charge in [-0.15, -0.1) is 0 Å². The molecule has 0 atom stereocenters. The zero-order chi connectivity index (χ0) is 14.2. The highest BCUT2D eigenvalue weighted by molar-refractivity contribution is 9.09. The molecule has 0 bridgehead atoms. The summed E-state index contributed by atoms with van der Waals surface area (Å²) < 4.78 is 0. The Morgan fingerprint density at radius 2 is 0.700 bits per heavy atom. The van der Waals surface area contributed by atoms with E-state index in [9.17, 15) is 0 Å². The first-order valence-electron chi connectivity index (χ1n) is 7.09. The first-order chi connectivity index (χ1) is 9.81. The van der Waals surface area contributed by atoms with Gasteiger partial charge in [0.1, 0.15) is 0 Å². The average molecular weight is 396 g/mol. The molecule has 0 N–H and O–H groups in total. The first kappa shape index (κ1) is 15.8. The number of halogens is 2. The fourth-order valence-electron chi connectivity index (χ4n) is 2.25. The van der Waals surface area contributed by atoms with E-state index in [4.69, 9.17) is 0 Å². The molecule has 0 amide bonds. The summed E-state index contributed by atoms with van der Waals surface area (Å²) in [6.07, 6.45) is 4.45. The Hall–Kier alpha value is -0.600. The van der Waals surface area contributed by atoms with Crippen molar-refractivity contribution in [3.8, 4) is 0 Å². The third kappa shape index (κ3) is 5.06. The largest absolute Gasteiger partial charge is 0.0924 e. The van der Waals surface area contributed by atoms with Crippen molar-refractivity contribution in [3.05, 3.63) is 70.8 Å². The van der Waals surface area contributed by atoms with Crippen molar-refractivity contribution in [1.29, 1.82) is 0 Å². The summed E-state index contributed by atoms with van der Waals surface area (Å²) in [6.45, 7) is 0. The molecule has 2 aromatic rings. The highest BCUT2D eigenvalue weighted by atomic mass is 79.9. The molecule has 0 nitrogen and oxygen atoms in total. The Balaban J connectivity index is 1.87. The van der Waals surface area contributed by atoms with Crippen LogP contribution >= 0.6 is 31.9 Å². The molecule has 0 radical (unpaired) electrons. The smallest absolute Gasteiger partial charge is 0.00718 e. The van der Waals surface area contributed by atoms with Gasteiger partial charge in [0.15, 0.2) is 0 Å². The zero-order valence-corrected chi connectivity index (χ0v) is 14.8. The molecule has 2 aromatic carbocycles. The maximum atomic E-state index is 3.48. The Labute approximate surface area is 138 Å². The number of hydrogen-bond acceptors (Lipinski definition) is 0. The van der Waals surface area contributed by atoms with Gasteiger partial charge in [-0.3, -0.25) is 0 Å². The second kappa shape index (κ2) is 8.63. The van der Waals surface area contributed by atoms with Crippen molar-refractivity contribution >= 4 is 31.9 Å². The Kier molecular flexibility index (Phi) is 6.81. The summed E-state index contributed by atoms with van der Waals surface area (Å²) in [6, 6.07) is 18.0. The van der Waals surface area contributed by atoms with E-state index in [0.29, 0.717) is 0 Å². The normalized spacial score (nSPS) is 10.7. The van der Waals surface area contributed by atoms with Crippen molar-refractivity contribution in [1.82, 2.24) is 0 Å². The summed E-state index contributed by atoms with van der Waals surface area (Å²) in [5, 5.41) is 2.07. The number of aryl methyl sites for hydroxylation is 4. The lowest BCUT2D eigenvalue weighted by molar-refractivity contribution is 0.955. The van der Waals surface area contributed by atoms with Crippen LogP contribution in [0.15, 0.2) is 48.5 Å². The SMILES string of the molecule is BrCCc1ccc(CCc2ccc(CCBr)cc2)cc1. The molecule has 2 heteroatoms. The van der Waals surface area contributed by atoms with Crippen LogP contribution in [-0.4, -0.2) is 10.7 Å². The second-order valence-corrected chi connectivity index (χ2v) is 6.60. The van der Waals surface area contributed by atoms with Gasteiger partial charge in [0.2, 0.25) is 0 Å². The molecule has 0 saturated heterocycles. The van der Waals surface area contributed by atoms with Gasteiger partial charge < -0.3 is 0 Å². The first-order valence-corrected chi connectivity index (χ1v) is 9.33. The molecule has 0 saturated carbocycles. The standard InChI is InChI=1S/C18H20Br2/c19-13-11-17-7-3-15(4-8-17)1-2-16-5-9-18(10-6-16)12-14-20/h3-10H,1-2,11-14H2. The van der Waals surface area contributed by atoms with Crippen LogP contribution in [0.5, 0.6) is 0 Å². The summed E-state index contributed by atoms with van der Waals surface area (Å²) in [5.74, 6) is 0. The maximum Gasteiger partial charge on any atom is 0.00718 e. The number of alkyl halides is 2. The minimum absolute atomic E-state index is 1.03. The molecule has 0 fully saturated rings. The number of hydrogen-bond donors (Lipinski definition) is 0. The third-order valence-electron chi connectivity index (χ3n) is 3.51. The Morgan fingerprint density at radius 1 is 0.450 bits per heavy atom. The van der Waals surface area contributed by atoms with Crippen LogP contribution in [-0.2, 0) is 25.7 Å². The molecule has 0 aliphatic carbocycles. The summed E-state index contributed by atoms with van der Waals surface area (Å²) in [7, 11) is 0. The van der Waals surface area contributed by atoms with Crippen LogP contribution in [0.3, 0.4) is 0 Å². The molecule has 0 unspecified atom stereocenters. The van der Waals surface area contributed by atoms with Crippen molar-refractivity contribution in [2.45, 2.75) is 25.7 Å². The molecule has 0 aliphatic heterocycles. The van der Waals surface area contributed by atoms with Crippen molar-refractivity contribution in [3.63, 3.8) is 0 Å². The number of rotatable bonds is 7. The lowest BCUT2D eigenvalue weighted by atomic mass is 10.0. The quantitative estimate of drug-likeness (QED) is 0.554. The molecule has 0 aromatic heterocycles. The van der Waals surface area contributed by atoms with E-state index < -0.39 is 0 Å². The summed E-state index contributed by atoms with van der Waals surface area (Å²) >= 11 is 6.96. The van der Waals surface area contributed by atoms with E-state index in [1.807, 2.05) is 0 Å². The highest BCUT2D eigenvalue weighted by Crippen LogP contribution is 2.12. The van der Waals surface area contributed by atoms with Crippen LogP contribution in [0.4, 0.5) is 0 Å². The van der Waals surface area contributed by atoms with Gasteiger partial charge in [0, 0.05) is 10.7 Å². The van der Waals surface area contributed by atoms with E-state index in [1.54, 1.807) is 0 Å². The lowest BCUT2D eigenvalue weighted by Crippen LogP contribution is -1.93. The monoisotopic (exact) mass is 394 g/mol. The molecule has 0 heterocycles. The molecular weight excluding hydrogens is 376 g/mol. The summed E-state index contributed by atoms with van der Waals surface area (Å²) in [5.41, 5.74) is 5.66. The van der Waals surface area contributed by atoms with Crippen LogP contribution in [0.2, 0.25) is 0 Å². The molecular formula is C18H20Br2. The van der Waals surface area contributed by atoms with Gasteiger partial charge in [-0.1, -0.05) is 80.4 Å². The Bertz CT molecular complexity index is 450. The van der Waals surface area contributed by atoms with E-state index in [-0.39, 0.29) is 0 Å². The maximum absolute atomic E-state index is 3.48. The molecule has 0 aliphatic rings. The van der Waals surface area contributed by atoms with Gasteiger partial charge in [0.25, 0.3) is 0 Å². The third-order valence-corrected chi connectivity index (χ3v) is 4.31. The second-order valence-electron chi connectivity index (χ2n) is 5.01. The topological polar surface area (TPSA) is 0 Å². The number of benzene rings is 2. The lowest BCUT2D eigenvalue weighted by Gasteiger charge is -2.05. The van der Waals surface area contributed by atoms with Crippen LogP contribution in [0, 0.1) is 0 Å². The minimum Gasteiger partial charge on any atom is -0.0924 e. The average Bonchev–Trinajstić information content (AvgIpc) is 2.49. The van der Waals surface area contributed by atoms with Gasteiger partial charge in [-0.05, 0) is 47.9 Å². The molecule has 106 valence electrons. The summed E-state index contributed by atoms with van der Waals surface area (Å²) in [4.78, 5) is 0. The van der Waals surface area contributed by atoms with E-state index in [2.05, 4.69) is 80.4 Å². The molecule has 20 heavy (non-hydrogen) atoms.